The molecule has 4 heteroatoms. The van der Waals surface area contributed by atoms with Crippen LogP contribution in [0.15, 0.2) is 18.2 Å². The molecule has 2 N–H and O–H groups in total. The maximum absolute atomic E-state index is 9.42. The van der Waals surface area contributed by atoms with Gasteiger partial charge in [-0.05, 0) is 25.1 Å². The van der Waals surface area contributed by atoms with Gasteiger partial charge in [0.2, 0.25) is 0 Å². The van der Waals surface area contributed by atoms with Gasteiger partial charge in [0.1, 0.15) is 0 Å². The fraction of sp³-hybridized carbons (Fsp3) is 0.455. The van der Waals surface area contributed by atoms with E-state index in [4.69, 9.17) is 23.2 Å². The van der Waals surface area contributed by atoms with Crippen molar-refractivity contribution in [1.29, 1.82) is 0 Å². The first-order valence-electron chi connectivity index (χ1n) is 4.85. The molecule has 0 aliphatic carbocycles. The van der Waals surface area contributed by atoms with Crippen LogP contribution in [-0.4, -0.2) is 18.3 Å². The van der Waals surface area contributed by atoms with E-state index in [2.05, 4.69) is 5.32 Å². The number of benzene rings is 1. The summed E-state index contributed by atoms with van der Waals surface area (Å²) < 4.78 is 0. The lowest BCUT2D eigenvalue weighted by atomic mass is 9.93. The Hall–Kier alpha value is -0.280. The number of rotatable bonds is 4. The molecule has 0 bridgehead atoms. The lowest BCUT2D eigenvalue weighted by molar-refractivity contribution is 0.177. The normalized spacial score (nSPS) is 15.0. The Morgan fingerprint density at radius 2 is 2.07 bits per heavy atom. The predicted octanol–water partition coefficient (Wildman–Crippen LogP) is 2.81. The van der Waals surface area contributed by atoms with Gasteiger partial charge in [0.25, 0.3) is 0 Å². The zero-order chi connectivity index (χ0) is 11.5. The average molecular weight is 248 g/mol. The van der Waals surface area contributed by atoms with Crippen molar-refractivity contribution in [3.05, 3.63) is 33.8 Å². The van der Waals surface area contributed by atoms with Crippen LogP contribution in [0.1, 0.15) is 19.4 Å². The molecule has 0 aliphatic heterocycles. The highest BCUT2D eigenvalue weighted by molar-refractivity contribution is 6.42. The lowest BCUT2D eigenvalue weighted by Gasteiger charge is -2.30. The molecular weight excluding hydrogens is 233 g/mol. The third kappa shape index (κ3) is 2.64. The first kappa shape index (κ1) is 12.8. The summed E-state index contributed by atoms with van der Waals surface area (Å²) in [6.07, 6.45) is 0. The van der Waals surface area contributed by atoms with E-state index in [-0.39, 0.29) is 6.61 Å². The monoisotopic (exact) mass is 247 g/mol. The van der Waals surface area contributed by atoms with E-state index >= 15 is 0 Å². The van der Waals surface area contributed by atoms with Gasteiger partial charge < -0.3 is 10.4 Å². The number of aliphatic hydroxyl groups is 1. The summed E-state index contributed by atoms with van der Waals surface area (Å²) in [5.74, 6) is 0. The van der Waals surface area contributed by atoms with Crippen molar-refractivity contribution in [3.8, 4) is 0 Å². The van der Waals surface area contributed by atoms with Crippen LogP contribution in [0.25, 0.3) is 0 Å². The van der Waals surface area contributed by atoms with Crippen LogP contribution in [0.2, 0.25) is 10.0 Å². The SMILES string of the molecule is CCNC(C)(CO)c1cccc(Cl)c1Cl. The van der Waals surface area contributed by atoms with Gasteiger partial charge in [0.15, 0.2) is 0 Å². The second-order valence-corrected chi connectivity index (χ2v) is 4.41. The molecule has 1 atom stereocenters. The number of aliphatic hydroxyl groups excluding tert-OH is 1. The van der Waals surface area contributed by atoms with E-state index in [9.17, 15) is 5.11 Å². The van der Waals surface area contributed by atoms with E-state index in [0.717, 1.165) is 12.1 Å². The molecule has 0 aliphatic rings. The number of hydrogen-bond donors (Lipinski definition) is 2. The summed E-state index contributed by atoms with van der Waals surface area (Å²) in [5, 5.41) is 13.6. The van der Waals surface area contributed by atoms with Gasteiger partial charge in [-0.25, -0.2) is 0 Å². The maximum Gasteiger partial charge on any atom is 0.0655 e. The van der Waals surface area contributed by atoms with Gasteiger partial charge in [-0.3, -0.25) is 0 Å². The molecule has 1 aromatic carbocycles. The third-order valence-corrected chi connectivity index (χ3v) is 3.25. The summed E-state index contributed by atoms with van der Waals surface area (Å²) in [5.41, 5.74) is 0.275. The standard InChI is InChI=1S/C11H15Cl2NO/c1-3-14-11(2,7-15)8-5-4-6-9(12)10(8)13/h4-6,14-15H,3,7H2,1-2H3. The highest BCUT2D eigenvalue weighted by Crippen LogP contribution is 2.32. The number of nitrogens with one attached hydrogen (secondary N) is 1. The van der Waals surface area contributed by atoms with E-state index in [1.54, 1.807) is 6.07 Å². The third-order valence-electron chi connectivity index (χ3n) is 2.43. The fourth-order valence-corrected chi connectivity index (χ4v) is 2.07. The first-order chi connectivity index (χ1) is 7.05. The molecule has 1 rings (SSSR count). The van der Waals surface area contributed by atoms with Crippen LogP contribution in [0.5, 0.6) is 0 Å². The highest BCUT2D eigenvalue weighted by atomic mass is 35.5. The summed E-state index contributed by atoms with van der Waals surface area (Å²) >= 11 is 12.0. The van der Waals surface area contributed by atoms with Crippen molar-refractivity contribution in [2.45, 2.75) is 19.4 Å². The average Bonchev–Trinajstić information content (AvgIpc) is 2.22. The molecule has 0 saturated carbocycles. The van der Waals surface area contributed by atoms with Crippen molar-refractivity contribution < 1.29 is 5.11 Å². The van der Waals surface area contributed by atoms with Crippen LogP contribution >= 0.6 is 23.2 Å². The molecule has 0 aromatic heterocycles. The minimum absolute atomic E-state index is 0.0269. The van der Waals surface area contributed by atoms with Gasteiger partial charge in [0.05, 0.1) is 22.2 Å². The molecule has 0 amide bonds. The largest absolute Gasteiger partial charge is 0.394 e. The maximum atomic E-state index is 9.42. The van der Waals surface area contributed by atoms with Crippen LogP contribution in [0, 0.1) is 0 Å². The quantitative estimate of drug-likeness (QED) is 0.858. The van der Waals surface area contributed by atoms with Gasteiger partial charge in [-0.2, -0.15) is 0 Å². The van der Waals surface area contributed by atoms with Crippen LogP contribution in [-0.2, 0) is 5.54 Å². The molecule has 0 fully saturated rings. The Bertz CT molecular complexity index is 343. The molecule has 0 spiro atoms. The summed E-state index contributed by atoms with van der Waals surface area (Å²) in [7, 11) is 0. The minimum atomic E-state index is -0.545. The molecule has 2 nitrogen and oxygen atoms in total. The van der Waals surface area contributed by atoms with Crippen molar-refractivity contribution in [3.63, 3.8) is 0 Å². The number of likely N-dealkylation sites (N-methyl/N-ethyl adjacent to an activating group) is 1. The summed E-state index contributed by atoms with van der Waals surface area (Å²) in [6, 6.07) is 5.43. The van der Waals surface area contributed by atoms with Crippen LogP contribution in [0.3, 0.4) is 0 Å². The van der Waals surface area contributed by atoms with Gasteiger partial charge in [-0.15, -0.1) is 0 Å². The minimum Gasteiger partial charge on any atom is -0.394 e. The molecule has 1 aromatic rings. The Morgan fingerprint density at radius 3 is 2.60 bits per heavy atom. The zero-order valence-electron chi connectivity index (χ0n) is 8.85. The highest BCUT2D eigenvalue weighted by Gasteiger charge is 2.27. The van der Waals surface area contributed by atoms with Crippen molar-refractivity contribution >= 4 is 23.2 Å². The van der Waals surface area contributed by atoms with Crippen molar-refractivity contribution in [1.82, 2.24) is 5.32 Å². The van der Waals surface area contributed by atoms with Gasteiger partial charge >= 0.3 is 0 Å². The molecular formula is C11H15Cl2NO. The van der Waals surface area contributed by atoms with E-state index < -0.39 is 5.54 Å². The molecule has 84 valence electrons. The molecule has 15 heavy (non-hydrogen) atoms. The Morgan fingerprint density at radius 1 is 1.40 bits per heavy atom. The van der Waals surface area contributed by atoms with Gasteiger partial charge in [-0.1, -0.05) is 42.3 Å². The second kappa shape index (κ2) is 5.17. The molecule has 0 saturated heterocycles. The second-order valence-electron chi connectivity index (χ2n) is 3.62. The number of halogens is 2. The molecule has 0 radical (unpaired) electrons. The molecule has 0 heterocycles. The summed E-state index contributed by atoms with van der Waals surface area (Å²) in [6.45, 7) is 4.60. The first-order valence-corrected chi connectivity index (χ1v) is 5.61. The van der Waals surface area contributed by atoms with Crippen molar-refractivity contribution in [2.24, 2.45) is 0 Å². The van der Waals surface area contributed by atoms with Gasteiger partial charge in [0, 0.05) is 0 Å². The van der Waals surface area contributed by atoms with Crippen molar-refractivity contribution in [2.75, 3.05) is 13.2 Å². The Balaban J connectivity index is 3.17. The van der Waals surface area contributed by atoms with E-state index in [1.807, 2.05) is 26.0 Å². The summed E-state index contributed by atoms with van der Waals surface area (Å²) in [4.78, 5) is 0. The molecule has 1 unspecified atom stereocenters. The van der Waals surface area contributed by atoms with Crippen LogP contribution in [0.4, 0.5) is 0 Å². The topological polar surface area (TPSA) is 32.3 Å². The Kier molecular flexibility index (Phi) is 4.41. The number of hydrogen-bond acceptors (Lipinski definition) is 2. The Labute approximate surface area is 100 Å². The lowest BCUT2D eigenvalue weighted by Crippen LogP contribution is -2.43. The predicted molar refractivity (Wildman–Crippen MR) is 64.6 cm³/mol. The van der Waals surface area contributed by atoms with Crippen LogP contribution < -0.4 is 5.32 Å². The fourth-order valence-electron chi connectivity index (χ4n) is 1.56. The zero-order valence-corrected chi connectivity index (χ0v) is 10.4. The smallest absolute Gasteiger partial charge is 0.0655 e. The van der Waals surface area contributed by atoms with E-state index in [1.165, 1.54) is 0 Å². The van der Waals surface area contributed by atoms with E-state index in [0.29, 0.717) is 10.0 Å².